The van der Waals surface area contributed by atoms with Crippen LogP contribution >= 0.6 is 0 Å². The Balaban J connectivity index is 4.07. The fourth-order valence-electron chi connectivity index (χ4n) is 0.694. The van der Waals surface area contributed by atoms with Gasteiger partial charge in [0, 0.05) is 5.71 Å². The fraction of sp³-hybridized carbons (Fsp3) is 0.667. The molecule has 0 saturated heterocycles. The molecule has 0 aliphatic rings. The molecule has 64 valence electrons. The lowest BCUT2D eigenvalue weighted by atomic mass is 10.3. The summed E-state index contributed by atoms with van der Waals surface area (Å²) in [6.45, 7) is 6.09. The van der Waals surface area contributed by atoms with Crippen molar-refractivity contribution in [2.75, 3.05) is 14.1 Å². The second-order valence-electron chi connectivity index (χ2n) is 2.87. The molecule has 0 amide bonds. The van der Waals surface area contributed by atoms with Gasteiger partial charge in [-0.05, 0) is 40.9 Å². The van der Waals surface area contributed by atoms with Gasteiger partial charge in [-0.1, -0.05) is 6.08 Å². The zero-order valence-electron chi connectivity index (χ0n) is 8.13. The summed E-state index contributed by atoms with van der Waals surface area (Å²) >= 11 is 0. The SMILES string of the molecule is C/C=C\C(C)=N/C(C)N(C)C. The van der Waals surface area contributed by atoms with Crippen molar-refractivity contribution in [1.82, 2.24) is 4.90 Å². The van der Waals surface area contributed by atoms with Gasteiger partial charge in [-0.2, -0.15) is 0 Å². The minimum atomic E-state index is 0.270. The second kappa shape index (κ2) is 5.08. The van der Waals surface area contributed by atoms with Gasteiger partial charge >= 0.3 is 0 Å². The third-order valence-corrected chi connectivity index (χ3v) is 1.55. The van der Waals surface area contributed by atoms with Gasteiger partial charge in [0.05, 0.1) is 6.17 Å². The highest BCUT2D eigenvalue weighted by atomic mass is 15.2. The van der Waals surface area contributed by atoms with Crippen LogP contribution in [0.3, 0.4) is 0 Å². The molecule has 0 aliphatic carbocycles. The fourth-order valence-corrected chi connectivity index (χ4v) is 0.694. The molecule has 0 N–H and O–H groups in total. The van der Waals surface area contributed by atoms with Gasteiger partial charge < -0.3 is 0 Å². The van der Waals surface area contributed by atoms with E-state index in [0.29, 0.717) is 0 Å². The van der Waals surface area contributed by atoms with Crippen LogP contribution in [0.15, 0.2) is 17.1 Å². The highest BCUT2D eigenvalue weighted by Crippen LogP contribution is 1.94. The van der Waals surface area contributed by atoms with E-state index in [4.69, 9.17) is 0 Å². The van der Waals surface area contributed by atoms with Crippen molar-refractivity contribution in [3.05, 3.63) is 12.2 Å². The molecule has 0 aromatic heterocycles. The standard InChI is InChI=1S/C9H18N2/c1-6-7-8(2)10-9(3)11(4)5/h6-7,9H,1-5H3/b7-6-,10-8-. The molecule has 11 heavy (non-hydrogen) atoms. The summed E-state index contributed by atoms with van der Waals surface area (Å²) in [5, 5.41) is 0. The van der Waals surface area contributed by atoms with Crippen molar-refractivity contribution in [2.24, 2.45) is 4.99 Å². The maximum absolute atomic E-state index is 4.42. The smallest absolute Gasteiger partial charge is 0.0988 e. The number of allylic oxidation sites excluding steroid dienone is 2. The van der Waals surface area contributed by atoms with Crippen LogP contribution in [0.1, 0.15) is 20.8 Å². The Hall–Kier alpha value is -0.630. The average molecular weight is 154 g/mol. The third kappa shape index (κ3) is 4.73. The number of aliphatic imine (C=N–C) groups is 1. The highest BCUT2D eigenvalue weighted by Gasteiger charge is 1.99. The van der Waals surface area contributed by atoms with E-state index in [2.05, 4.69) is 16.8 Å². The van der Waals surface area contributed by atoms with E-state index in [1.54, 1.807) is 0 Å². The van der Waals surface area contributed by atoms with Gasteiger partial charge in [-0.25, -0.2) is 0 Å². The van der Waals surface area contributed by atoms with Crippen LogP contribution in [0.5, 0.6) is 0 Å². The monoisotopic (exact) mass is 154 g/mol. The lowest BCUT2D eigenvalue weighted by Gasteiger charge is -2.15. The lowest BCUT2D eigenvalue weighted by Crippen LogP contribution is -2.23. The maximum Gasteiger partial charge on any atom is 0.0988 e. The maximum atomic E-state index is 4.42. The summed E-state index contributed by atoms with van der Waals surface area (Å²) in [7, 11) is 4.05. The Morgan fingerprint density at radius 3 is 2.36 bits per heavy atom. The summed E-state index contributed by atoms with van der Waals surface area (Å²) in [5.74, 6) is 0. The molecule has 0 rings (SSSR count). The van der Waals surface area contributed by atoms with E-state index in [1.807, 2.05) is 40.1 Å². The summed E-state index contributed by atoms with van der Waals surface area (Å²) in [6, 6.07) is 0. The molecule has 0 aromatic carbocycles. The molecule has 2 heteroatoms. The van der Waals surface area contributed by atoms with Crippen LogP contribution in [-0.2, 0) is 0 Å². The Morgan fingerprint density at radius 1 is 1.45 bits per heavy atom. The van der Waals surface area contributed by atoms with Crippen molar-refractivity contribution in [3.63, 3.8) is 0 Å². The summed E-state index contributed by atoms with van der Waals surface area (Å²) in [6.07, 6.45) is 4.28. The molecular formula is C9H18N2. The molecule has 0 fully saturated rings. The minimum absolute atomic E-state index is 0.270. The summed E-state index contributed by atoms with van der Waals surface area (Å²) in [4.78, 5) is 6.50. The van der Waals surface area contributed by atoms with Crippen LogP contribution < -0.4 is 0 Å². The first-order valence-electron chi connectivity index (χ1n) is 3.91. The number of hydrogen-bond acceptors (Lipinski definition) is 2. The van der Waals surface area contributed by atoms with Gasteiger partial charge in [0.25, 0.3) is 0 Å². The molecule has 0 saturated carbocycles. The third-order valence-electron chi connectivity index (χ3n) is 1.55. The predicted molar refractivity (Wildman–Crippen MR) is 51.1 cm³/mol. The number of nitrogens with zero attached hydrogens (tertiary/aromatic N) is 2. The van der Waals surface area contributed by atoms with Crippen molar-refractivity contribution in [1.29, 1.82) is 0 Å². The molecule has 0 aliphatic heterocycles. The first-order valence-corrected chi connectivity index (χ1v) is 3.91. The van der Waals surface area contributed by atoms with E-state index < -0.39 is 0 Å². The summed E-state index contributed by atoms with van der Waals surface area (Å²) < 4.78 is 0. The molecule has 1 atom stereocenters. The van der Waals surface area contributed by atoms with Crippen molar-refractivity contribution in [3.8, 4) is 0 Å². The Morgan fingerprint density at radius 2 is 2.00 bits per heavy atom. The van der Waals surface area contributed by atoms with Crippen LogP contribution in [0.2, 0.25) is 0 Å². The topological polar surface area (TPSA) is 15.6 Å². The Kier molecular flexibility index (Phi) is 4.79. The molecule has 0 spiro atoms. The molecule has 0 heterocycles. The Bertz CT molecular complexity index is 157. The van der Waals surface area contributed by atoms with E-state index in [1.165, 1.54) is 0 Å². The first-order chi connectivity index (χ1) is 5.07. The highest BCUT2D eigenvalue weighted by molar-refractivity contribution is 5.92. The van der Waals surface area contributed by atoms with Crippen LogP contribution in [0, 0.1) is 0 Å². The quantitative estimate of drug-likeness (QED) is 0.567. The van der Waals surface area contributed by atoms with E-state index in [-0.39, 0.29) is 6.17 Å². The van der Waals surface area contributed by atoms with Gasteiger partial charge in [-0.3, -0.25) is 9.89 Å². The minimum Gasteiger partial charge on any atom is -0.288 e. The van der Waals surface area contributed by atoms with Gasteiger partial charge in [0.2, 0.25) is 0 Å². The zero-order chi connectivity index (χ0) is 8.85. The van der Waals surface area contributed by atoms with Crippen molar-refractivity contribution in [2.45, 2.75) is 26.9 Å². The van der Waals surface area contributed by atoms with Crippen molar-refractivity contribution >= 4 is 5.71 Å². The molecular weight excluding hydrogens is 136 g/mol. The number of hydrogen-bond donors (Lipinski definition) is 0. The first kappa shape index (κ1) is 10.4. The average Bonchev–Trinajstić information content (AvgIpc) is 1.87. The zero-order valence-corrected chi connectivity index (χ0v) is 8.13. The molecule has 0 aromatic rings. The normalized spacial score (nSPS) is 16.4. The summed E-state index contributed by atoms with van der Waals surface area (Å²) in [5.41, 5.74) is 1.08. The van der Waals surface area contributed by atoms with E-state index >= 15 is 0 Å². The van der Waals surface area contributed by atoms with Crippen molar-refractivity contribution < 1.29 is 0 Å². The van der Waals surface area contributed by atoms with E-state index in [0.717, 1.165) is 5.71 Å². The van der Waals surface area contributed by atoms with Gasteiger partial charge in [-0.15, -0.1) is 0 Å². The second-order valence-corrected chi connectivity index (χ2v) is 2.87. The largest absolute Gasteiger partial charge is 0.288 e. The number of rotatable bonds is 3. The van der Waals surface area contributed by atoms with Crippen LogP contribution in [-0.4, -0.2) is 30.9 Å². The molecule has 2 nitrogen and oxygen atoms in total. The Labute approximate surface area is 69.6 Å². The molecule has 0 bridgehead atoms. The van der Waals surface area contributed by atoms with Crippen LogP contribution in [0.4, 0.5) is 0 Å². The van der Waals surface area contributed by atoms with E-state index in [9.17, 15) is 0 Å². The predicted octanol–water partition coefficient (Wildman–Crippen LogP) is 1.93. The van der Waals surface area contributed by atoms with Crippen LogP contribution in [0.25, 0.3) is 0 Å². The van der Waals surface area contributed by atoms with Gasteiger partial charge in [0.15, 0.2) is 0 Å². The lowest BCUT2D eigenvalue weighted by molar-refractivity contribution is 0.324. The van der Waals surface area contributed by atoms with Gasteiger partial charge in [0.1, 0.15) is 0 Å². The molecule has 1 unspecified atom stereocenters. The molecule has 0 radical (unpaired) electrons.